The van der Waals surface area contributed by atoms with Gasteiger partial charge < -0.3 is 11.1 Å². The third-order valence-electron chi connectivity index (χ3n) is 1.58. The minimum atomic E-state index is 0.545. The number of aromatic nitrogens is 1. The predicted octanol–water partition coefficient (Wildman–Crippen LogP) is 2.31. The van der Waals surface area contributed by atoms with Crippen molar-refractivity contribution in [2.75, 3.05) is 17.6 Å². The number of hydrogen-bond donors (Lipinski definition) is 2. The van der Waals surface area contributed by atoms with Gasteiger partial charge in [-0.2, -0.15) is 0 Å². The molecule has 0 unspecified atom stereocenters. The summed E-state index contributed by atoms with van der Waals surface area (Å²) in [5.41, 5.74) is 6.98. The Kier molecular flexibility index (Phi) is 3.58. The molecule has 1 heterocycles. The first-order chi connectivity index (χ1) is 6.25. The van der Waals surface area contributed by atoms with Gasteiger partial charge >= 0.3 is 0 Å². The van der Waals surface area contributed by atoms with E-state index < -0.39 is 0 Å². The first kappa shape index (κ1) is 9.86. The predicted molar refractivity (Wildman–Crippen MR) is 57.0 cm³/mol. The van der Waals surface area contributed by atoms with E-state index in [4.69, 9.17) is 17.3 Å². The largest absolute Gasteiger partial charge is 0.396 e. The van der Waals surface area contributed by atoms with Gasteiger partial charge in [0.15, 0.2) is 0 Å². The minimum absolute atomic E-state index is 0.545. The maximum Gasteiger partial charge on any atom is 0.0841 e. The van der Waals surface area contributed by atoms with Crippen molar-refractivity contribution in [3.05, 3.63) is 30.1 Å². The van der Waals surface area contributed by atoms with Gasteiger partial charge in [0.05, 0.1) is 22.6 Å². The molecule has 0 fully saturated rings. The molecule has 70 valence electrons. The number of rotatable bonds is 4. The first-order valence-corrected chi connectivity index (χ1v) is 4.37. The van der Waals surface area contributed by atoms with E-state index >= 15 is 0 Å². The van der Waals surface area contributed by atoms with Gasteiger partial charge in [0, 0.05) is 12.7 Å². The molecule has 0 aliphatic carbocycles. The van der Waals surface area contributed by atoms with Gasteiger partial charge in [-0.05, 0) is 6.42 Å². The van der Waals surface area contributed by atoms with E-state index in [-0.39, 0.29) is 0 Å². The number of pyridine rings is 1. The smallest absolute Gasteiger partial charge is 0.0841 e. The molecule has 0 bridgehead atoms. The molecule has 0 spiro atoms. The molecule has 0 atom stereocenters. The number of halogens is 1. The Bertz CT molecular complexity index is 279. The van der Waals surface area contributed by atoms with Crippen molar-refractivity contribution >= 4 is 23.0 Å². The summed E-state index contributed by atoms with van der Waals surface area (Å²) in [5, 5.41) is 3.66. The van der Waals surface area contributed by atoms with Gasteiger partial charge in [-0.3, -0.25) is 4.98 Å². The highest BCUT2D eigenvalue weighted by Crippen LogP contribution is 2.26. The molecule has 0 radical (unpaired) electrons. The van der Waals surface area contributed by atoms with Gasteiger partial charge in [0.1, 0.15) is 0 Å². The average molecular weight is 198 g/mol. The van der Waals surface area contributed by atoms with E-state index in [2.05, 4.69) is 16.9 Å². The fourth-order valence-corrected chi connectivity index (χ4v) is 1.17. The van der Waals surface area contributed by atoms with Crippen LogP contribution in [0.15, 0.2) is 25.0 Å². The normalized spacial score (nSPS) is 9.62. The summed E-state index contributed by atoms with van der Waals surface area (Å²) < 4.78 is 0. The third-order valence-corrected chi connectivity index (χ3v) is 1.87. The molecule has 0 saturated carbocycles. The number of nitrogens with zero attached hydrogens (tertiary/aromatic N) is 1. The second-order valence-corrected chi connectivity index (χ2v) is 3.00. The highest BCUT2D eigenvalue weighted by atomic mass is 35.5. The van der Waals surface area contributed by atoms with Crippen LogP contribution in [0, 0.1) is 0 Å². The third kappa shape index (κ3) is 2.63. The van der Waals surface area contributed by atoms with Gasteiger partial charge in [-0.1, -0.05) is 17.7 Å². The van der Waals surface area contributed by atoms with Gasteiger partial charge in [-0.15, -0.1) is 6.58 Å². The summed E-state index contributed by atoms with van der Waals surface area (Å²) in [6, 6.07) is 0. The van der Waals surface area contributed by atoms with Crippen LogP contribution in [0.25, 0.3) is 0 Å². The first-order valence-electron chi connectivity index (χ1n) is 3.99. The number of nitrogen functional groups attached to an aromatic ring is 1. The van der Waals surface area contributed by atoms with Crippen molar-refractivity contribution in [2.24, 2.45) is 0 Å². The number of nitrogens with two attached hydrogens (primary N) is 1. The van der Waals surface area contributed by atoms with E-state index in [9.17, 15) is 0 Å². The molecule has 3 N–H and O–H groups in total. The molecule has 13 heavy (non-hydrogen) atoms. The molecule has 1 rings (SSSR count). The fraction of sp³-hybridized carbons (Fsp3) is 0.222. The molecule has 3 nitrogen and oxygen atoms in total. The summed E-state index contributed by atoms with van der Waals surface area (Å²) >= 11 is 5.88. The van der Waals surface area contributed by atoms with E-state index in [1.807, 2.05) is 6.08 Å². The van der Waals surface area contributed by atoms with Crippen molar-refractivity contribution in [2.45, 2.75) is 6.42 Å². The molecule has 1 aromatic heterocycles. The lowest BCUT2D eigenvalue weighted by Crippen LogP contribution is -2.04. The highest BCUT2D eigenvalue weighted by Gasteiger charge is 2.02. The Hall–Kier alpha value is -1.22. The Balaban J connectivity index is 2.69. The maximum atomic E-state index is 5.88. The van der Waals surface area contributed by atoms with Crippen molar-refractivity contribution in [1.29, 1.82) is 0 Å². The lowest BCUT2D eigenvalue weighted by atomic mass is 10.3. The molecule has 1 aromatic rings. The van der Waals surface area contributed by atoms with Crippen molar-refractivity contribution < 1.29 is 0 Å². The maximum absolute atomic E-state index is 5.88. The van der Waals surface area contributed by atoms with Crippen LogP contribution in [0.2, 0.25) is 5.02 Å². The van der Waals surface area contributed by atoms with Crippen LogP contribution in [-0.4, -0.2) is 11.5 Å². The fourth-order valence-electron chi connectivity index (χ4n) is 0.936. The minimum Gasteiger partial charge on any atom is -0.396 e. The highest BCUT2D eigenvalue weighted by molar-refractivity contribution is 6.33. The standard InChI is InChI=1S/C9H12ClN3/c1-2-3-4-13-9-7(10)5-12-6-8(9)11/h2,5-6H,1,3-4,11H2,(H,12,13). The summed E-state index contributed by atoms with van der Waals surface area (Å²) in [5.74, 6) is 0. The van der Waals surface area contributed by atoms with Crippen LogP contribution >= 0.6 is 11.6 Å². The Labute approximate surface area is 82.6 Å². The number of anilines is 2. The van der Waals surface area contributed by atoms with E-state index in [0.29, 0.717) is 10.7 Å². The van der Waals surface area contributed by atoms with Crippen LogP contribution in [0.1, 0.15) is 6.42 Å². The van der Waals surface area contributed by atoms with Crippen molar-refractivity contribution in [3.8, 4) is 0 Å². The Morgan fingerprint density at radius 1 is 1.62 bits per heavy atom. The monoisotopic (exact) mass is 197 g/mol. The van der Waals surface area contributed by atoms with E-state index in [1.165, 1.54) is 0 Å². The van der Waals surface area contributed by atoms with Gasteiger partial charge in [0.25, 0.3) is 0 Å². The Morgan fingerprint density at radius 2 is 2.38 bits per heavy atom. The van der Waals surface area contributed by atoms with Crippen LogP contribution in [0.5, 0.6) is 0 Å². The summed E-state index contributed by atoms with van der Waals surface area (Å²) in [6.07, 6.45) is 5.84. The summed E-state index contributed by atoms with van der Waals surface area (Å²) in [7, 11) is 0. The van der Waals surface area contributed by atoms with E-state index in [0.717, 1.165) is 18.7 Å². The molecule has 0 amide bonds. The van der Waals surface area contributed by atoms with Gasteiger partial charge in [-0.25, -0.2) is 0 Å². The molecule has 0 aromatic carbocycles. The number of nitrogens with one attached hydrogen (secondary N) is 1. The molecule has 0 aliphatic heterocycles. The van der Waals surface area contributed by atoms with Crippen LogP contribution in [0.4, 0.5) is 11.4 Å². The summed E-state index contributed by atoms with van der Waals surface area (Å²) in [6.45, 7) is 4.40. The lowest BCUT2D eigenvalue weighted by Gasteiger charge is -2.08. The lowest BCUT2D eigenvalue weighted by molar-refractivity contribution is 1.07. The molecule has 4 heteroatoms. The SMILES string of the molecule is C=CCCNc1c(N)cncc1Cl. The van der Waals surface area contributed by atoms with Crippen molar-refractivity contribution in [3.63, 3.8) is 0 Å². The van der Waals surface area contributed by atoms with Gasteiger partial charge in [0.2, 0.25) is 0 Å². The topological polar surface area (TPSA) is 50.9 Å². The second kappa shape index (κ2) is 4.72. The zero-order chi connectivity index (χ0) is 9.68. The molecular weight excluding hydrogens is 186 g/mol. The summed E-state index contributed by atoms with van der Waals surface area (Å²) in [4.78, 5) is 3.86. The molecule has 0 aliphatic rings. The van der Waals surface area contributed by atoms with Crippen LogP contribution in [-0.2, 0) is 0 Å². The zero-order valence-corrected chi connectivity index (χ0v) is 8.01. The second-order valence-electron chi connectivity index (χ2n) is 2.59. The van der Waals surface area contributed by atoms with Crippen LogP contribution in [0.3, 0.4) is 0 Å². The Morgan fingerprint density at radius 3 is 3.00 bits per heavy atom. The molecule has 0 saturated heterocycles. The van der Waals surface area contributed by atoms with Crippen molar-refractivity contribution in [1.82, 2.24) is 4.98 Å². The zero-order valence-electron chi connectivity index (χ0n) is 7.26. The van der Waals surface area contributed by atoms with E-state index in [1.54, 1.807) is 12.4 Å². The number of hydrogen-bond acceptors (Lipinski definition) is 3. The average Bonchev–Trinajstić information content (AvgIpc) is 2.10. The van der Waals surface area contributed by atoms with Crippen LogP contribution < -0.4 is 11.1 Å². The quantitative estimate of drug-likeness (QED) is 0.575. The molecular formula is C9H12ClN3.